The third kappa shape index (κ3) is 3.17. The van der Waals surface area contributed by atoms with E-state index in [1.54, 1.807) is 0 Å². The highest BCUT2D eigenvalue weighted by molar-refractivity contribution is 5.92. The number of terminal acetylenes is 1. The first kappa shape index (κ1) is 13.9. The Kier molecular flexibility index (Phi) is 4.08. The molecule has 1 saturated carbocycles. The second kappa shape index (κ2) is 6.15. The van der Waals surface area contributed by atoms with Crippen molar-refractivity contribution in [2.45, 2.75) is 19.4 Å². The van der Waals surface area contributed by atoms with Gasteiger partial charge in [-0.25, -0.2) is 4.98 Å². The summed E-state index contributed by atoms with van der Waals surface area (Å²) in [5.74, 6) is 4.60. The molecule has 108 valence electrons. The summed E-state index contributed by atoms with van der Waals surface area (Å²) in [6.07, 6.45) is 8.20. The molecule has 1 aromatic heterocycles. The first-order chi connectivity index (χ1) is 10.3. The Labute approximate surface area is 126 Å². The molecule has 0 unspecified atom stereocenters. The maximum Gasteiger partial charge on any atom is 0.137 e. The van der Waals surface area contributed by atoms with E-state index in [0.717, 1.165) is 30.5 Å². The predicted molar refractivity (Wildman–Crippen MR) is 88.3 cm³/mol. The molecule has 3 rings (SSSR count). The fourth-order valence-corrected chi connectivity index (χ4v) is 2.70. The van der Waals surface area contributed by atoms with Crippen molar-refractivity contribution < 1.29 is 0 Å². The molecule has 0 saturated heterocycles. The van der Waals surface area contributed by atoms with Gasteiger partial charge in [0.05, 0.1) is 12.2 Å². The van der Waals surface area contributed by atoms with Crippen LogP contribution in [0.5, 0.6) is 0 Å². The van der Waals surface area contributed by atoms with Crippen LogP contribution in [0.3, 0.4) is 0 Å². The Bertz CT molecular complexity index is 668. The molecule has 0 aliphatic heterocycles. The minimum Gasteiger partial charge on any atom is -0.345 e. The molecule has 1 aliphatic rings. The lowest BCUT2D eigenvalue weighted by Gasteiger charge is -2.23. The monoisotopic (exact) mass is 279 g/mol. The Morgan fingerprint density at radius 1 is 1.38 bits per heavy atom. The van der Waals surface area contributed by atoms with Gasteiger partial charge < -0.3 is 10.2 Å². The maximum atomic E-state index is 5.57. The SMILES string of the molecule is C#CCN(CC1CC1)c1nc(CNC)cc2ccccc12. The average molecular weight is 279 g/mol. The van der Waals surface area contributed by atoms with Gasteiger partial charge in [-0.1, -0.05) is 30.2 Å². The van der Waals surface area contributed by atoms with Crippen LogP contribution in [-0.4, -0.2) is 25.1 Å². The van der Waals surface area contributed by atoms with Gasteiger partial charge in [0.2, 0.25) is 0 Å². The fourth-order valence-electron chi connectivity index (χ4n) is 2.70. The second-order valence-electron chi connectivity index (χ2n) is 5.72. The summed E-state index contributed by atoms with van der Waals surface area (Å²) in [6, 6.07) is 10.6. The van der Waals surface area contributed by atoms with E-state index in [0.29, 0.717) is 6.54 Å². The molecule has 0 radical (unpaired) electrons. The van der Waals surface area contributed by atoms with E-state index in [4.69, 9.17) is 11.4 Å². The minimum atomic E-state index is 0.622. The second-order valence-corrected chi connectivity index (χ2v) is 5.72. The molecule has 1 aromatic carbocycles. The Morgan fingerprint density at radius 2 is 2.19 bits per heavy atom. The third-order valence-corrected chi connectivity index (χ3v) is 3.89. The third-order valence-electron chi connectivity index (χ3n) is 3.89. The van der Waals surface area contributed by atoms with Gasteiger partial charge in [-0.05, 0) is 37.3 Å². The molecule has 0 bridgehead atoms. The van der Waals surface area contributed by atoms with Crippen molar-refractivity contribution in [1.29, 1.82) is 0 Å². The van der Waals surface area contributed by atoms with Crippen LogP contribution in [0.15, 0.2) is 30.3 Å². The standard InChI is InChI=1S/C18H21N3/c1-3-10-21(13-14-8-9-14)18-17-7-5-4-6-15(17)11-16(20-18)12-19-2/h1,4-7,11,14,19H,8-10,12-13H2,2H3. The van der Waals surface area contributed by atoms with E-state index in [1.807, 2.05) is 7.05 Å². The van der Waals surface area contributed by atoms with Crippen LogP contribution in [0.25, 0.3) is 10.8 Å². The van der Waals surface area contributed by atoms with Crippen LogP contribution in [0.1, 0.15) is 18.5 Å². The molecule has 1 heterocycles. The molecule has 0 atom stereocenters. The minimum absolute atomic E-state index is 0.622. The van der Waals surface area contributed by atoms with Crippen molar-refractivity contribution in [3.63, 3.8) is 0 Å². The summed E-state index contributed by atoms with van der Waals surface area (Å²) in [5, 5.41) is 5.59. The quantitative estimate of drug-likeness (QED) is 0.824. The van der Waals surface area contributed by atoms with Gasteiger partial charge in [0.15, 0.2) is 0 Å². The van der Waals surface area contributed by atoms with E-state index in [9.17, 15) is 0 Å². The van der Waals surface area contributed by atoms with E-state index in [-0.39, 0.29) is 0 Å². The molecule has 1 aliphatic carbocycles. The maximum absolute atomic E-state index is 5.57. The van der Waals surface area contributed by atoms with Crippen molar-refractivity contribution in [3.05, 3.63) is 36.0 Å². The zero-order valence-corrected chi connectivity index (χ0v) is 12.5. The number of hydrogen-bond acceptors (Lipinski definition) is 3. The van der Waals surface area contributed by atoms with Gasteiger partial charge >= 0.3 is 0 Å². The van der Waals surface area contributed by atoms with Crippen LogP contribution in [0.4, 0.5) is 5.82 Å². The topological polar surface area (TPSA) is 28.2 Å². The molecular weight excluding hydrogens is 258 g/mol. The van der Waals surface area contributed by atoms with E-state index >= 15 is 0 Å². The van der Waals surface area contributed by atoms with Gasteiger partial charge in [0, 0.05) is 18.5 Å². The van der Waals surface area contributed by atoms with Gasteiger partial charge in [-0.15, -0.1) is 6.42 Å². The fraction of sp³-hybridized carbons (Fsp3) is 0.389. The number of aromatic nitrogens is 1. The highest BCUT2D eigenvalue weighted by Crippen LogP contribution is 2.33. The number of fused-ring (bicyclic) bond motifs is 1. The normalized spacial score (nSPS) is 14.1. The Hall–Kier alpha value is -2.05. The number of hydrogen-bond donors (Lipinski definition) is 1. The van der Waals surface area contributed by atoms with Crippen LogP contribution >= 0.6 is 0 Å². The van der Waals surface area contributed by atoms with Crippen LogP contribution in [0.2, 0.25) is 0 Å². The molecule has 21 heavy (non-hydrogen) atoms. The molecule has 0 amide bonds. The lowest BCUT2D eigenvalue weighted by molar-refractivity contribution is 0.745. The summed E-state index contributed by atoms with van der Waals surface area (Å²) in [4.78, 5) is 7.12. The van der Waals surface area contributed by atoms with Crippen molar-refractivity contribution in [2.75, 3.05) is 25.0 Å². The number of nitrogens with zero attached hydrogens (tertiary/aromatic N) is 2. The Balaban J connectivity index is 2.06. The summed E-state index contributed by atoms with van der Waals surface area (Å²) < 4.78 is 0. The number of anilines is 1. The lowest BCUT2D eigenvalue weighted by atomic mass is 10.1. The molecule has 0 spiro atoms. The van der Waals surface area contributed by atoms with Gasteiger partial charge in [0.1, 0.15) is 5.82 Å². The zero-order valence-electron chi connectivity index (χ0n) is 12.5. The molecule has 3 heteroatoms. The Morgan fingerprint density at radius 3 is 2.90 bits per heavy atom. The van der Waals surface area contributed by atoms with Crippen molar-refractivity contribution in [3.8, 4) is 12.3 Å². The van der Waals surface area contributed by atoms with Crippen molar-refractivity contribution in [1.82, 2.24) is 10.3 Å². The average Bonchev–Trinajstić information content (AvgIpc) is 3.30. The smallest absolute Gasteiger partial charge is 0.137 e. The number of nitrogens with one attached hydrogen (secondary N) is 1. The van der Waals surface area contributed by atoms with E-state index in [2.05, 4.69) is 46.5 Å². The van der Waals surface area contributed by atoms with Crippen molar-refractivity contribution >= 4 is 16.6 Å². The number of benzene rings is 1. The lowest BCUT2D eigenvalue weighted by Crippen LogP contribution is -2.27. The molecule has 3 nitrogen and oxygen atoms in total. The molecule has 1 N–H and O–H groups in total. The first-order valence-electron chi connectivity index (χ1n) is 7.53. The van der Waals surface area contributed by atoms with Crippen molar-refractivity contribution in [2.24, 2.45) is 5.92 Å². The van der Waals surface area contributed by atoms with E-state index in [1.165, 1.54) is 23.6 Å². The summed E-state index contributed by atoms with van der Waals surface area (Å²) in [7, 11) is 1.94. The highest BCUT2D eigenvalue weighted by atomic mass is 15.2. The van der Waals surface area contributed by atoms with Gasteiger partial charge in [-0.2, -0.15) is 0 Å². The summed E-state index contributed by atoms with van der Waals surface area (Å²) >= 11 is 0. The summed E-state index contributed by atoms with van der Waals surface area (Å²) in [6.45, 7) is 2.41. The van der Waals surface area contributed by atoms with Gasteiger partial charge in [0.25, 0.3) is 0 Å². The first-order valence-corrected chi connectivity index (χ1v) is 7.53. The van der Waals surface area contributed by atoms with Gasteiger partial charge in [-0.3, -0.25) is 0 Å². The molecule has 2 aromatic rings. The van der Waals surface area contributed by atoms with Crippen LogP contribution in [-0.2, 0) is 6.54 Å². The number of pyridine rings is 1. The highest BCUT2D eigenvalue weighted by Gasteiger charge is 2.25. The van der Waals surface area contributed by atoms with Crippen LogP contribution in [0, 0.1) is 18.3 Å². The zero-order chi connectivity index (χ0) is 14.7. The predicted octanol–water partition coefficient (Wildman–Crippen LogP) is 2.80. The summed E-state index contributed by atoms with van der Waals surface area (Å²) in [5.41, 5.74) is 1.06. The van der Waals surface area contributed by atoms with E-state index < -0.39 is 0 Å². The molecular formula is C18H21N3. The number of rotatable bonds is 6. The largest absolute Gasteiger partial charge is 0.345 e. The molecule has 1 fully saturated rings. The van der Waals surface area contributed by atoms with Crippen LogP contribution < -0.4 is 10.2 Å².